The Morgan fingerprint density at radius 2 is 2.10 bits per heavy atom. The molecule has 0 aliphatic carbocycles. The number of benzene rings is 1. The lowest BCUT2D eigenvalue weighted by Crippen LogP contribution is -2.46. The van der Waals surface area contributed by atoms with Gasteiger partial charge in [-0.1, -0.05) is 12.1 Å². The summed E-state index contributed by atoms with van der Waals surface area (Å²) in [5.74, 6) is 0. The molecule has 0 amide bonds. The minimum absolute atomic E-state index is 0.00487. The zero-order valence-corrected chi connectivity index (χ0v) is 11.7. The average Bonchev–Trinajstić information content (AvgIpc) is 2.37. The maximum atomic E-state index is 10.7. The summed E-state index contributed by atoms with van der Waals surface area (Å²) in [6.07, 6.45) is -0.459. The van der Waals surface area contributed by atoms with Crippen molar-refractivity contribution in [3.05, 3.63) is 39.9 Å². The van der Waals surface area contributed by atoms with Crippen LogP contribution in [0, 0.1) is 10.1 Å². The molecule has 1 N–H and O–H groups in total. The van der Waals surface area contributed by atoms with Gasteiger partial charge in [0, 0.05) is 31.8 Å². The van der Waals surface area contributed by atoms with E-state index in [1.54, 1.807) is 12.1 Å². The fraction of sp³-hybridized carbons (Fsp3) is 0.571. The van der Waals surface area contributed by atoms with Gasteiger partial charge in [-0.25, -0.2) is 0 Å². The zero-order valence-electron chi connectivity index (χ0n) is 11.7. The maximum Gasteiger partial charge on any atom is 0.269 e. The first-order chi connectivity index (χ1) is 9.45. The van der Waals surface area contributed by atoms with Gasteiger partial charge < -0.3 is 9.84 Å². The number of aliphatic hydroxyl groups excluding tert-OH is 1. The van der Waals surface area contributed by atoms with Crippen LogP contribution >= 0.6 is 0 Å². The molecule has 0 bridgehead atoms. The summed E-state index contributed by atoms with van der Waals surface area (Å²) < 4.78 is 5.64. The van der Waals surface area contributed by atoms with Crippen LogP contribution in [-0.4, -0.2) is 46.8 Å². The molecular formula is C14H20N2O4. The molecule has 3 unspecified atom stereocenters. The van der Waals surface area contributed by atoms with Crippen LogP contribution < -0.4 is 0 Å². The summed E-state index contributed by atoms with van der Waals surface area (Å²) in [5.41, 5.74) is 0.580. The Balaban J connectivity index is 2.02. The molecule has 2 rings (SSSR count). The predicted octanol–water partition coefficient (Wildman–Crippen LogP) is 1.74. The highest BCUT2D eigenvalue weighted by Crippen LogP contribution is 2.21. The Kier molecular flexibility index (Phi) is 4.69. The summed E-state index contributed by atoms with van der Waals surface area (Å²) in [7, 11) is 0. The molecule has 1 saturated heterocycles. The van der Waals surface area contributed by atoms with Crippen molar-refractivity contribution >= 4 is 5.69 Å². The second-order valence-corrected chi connectivity index (χ2v) is 5.34. The van der Waals surface area contributed by atoms with Gasteiger partial charge in [-0.15, -0.1) is 0 Å². The lowest BCUT2D eigenvalue weighted by molar-refractivity contribution is -0.385. The predicted molar refractivity (Wildman–Crippen MR) is 74.5 cm³/mol. The monoisotopic (exact) mass is 280 g/mol. The van der Waals surface area contributed by atoms with Crippen LogP contribution in [0.25, 0.3) is 0 Å². The first kappa shape index (κ1) is 14.9. The molecule has 1 aliphatic heterocycles. The number of morpholine rings is 1. The third kappa shape index (κ3) is 3.75. The number of hydrogen-bond donors (Lipinski definition) is 1. The highest BCUT2D eigenvalue weighted by atomic mass is 16.6. The molecule has 0 saturated carbocycles. The number of β-amino-alcohol motifs (C(OH)–C–C–N with tert-alkyl or cyclic N) is 1. The van der Waals surface area contributed by atoms with Crippen LogP contribution in [0.1, 0.15) is 25.5 Å². The molecular weight excluding hydrogens is 260 g/mol. The van der Waals surface area contributed by atoms with E-state index in [1.807, 2.05) is 13.8 Å². The van der Waals surface area contributed by atoms with E-state index < -0.39 is 11.0 Å². The van der Waals surface area contributed by atoms with E-state index >= 15 is 0 Å². The number of non-ortho nitro benzene ring substituents is 1. The van der Waals surface area contributed by atoms with E-state index in [9.17, 15) is 15.2 Å². The van der Waals surface area contributed by atoms with E-state index in [-0.39, 0.29) is 17.9 Å². The molecule has 20 heavy (non-hydrogen) atoms. The van der Waals surface area contributed by atoms with E-state index in [4.69, 9.17) is 4.74 Å². The van der Waals surface area contributed by atoms with Crippen LogP contribution in [-0.2, 0) is 4.74 Å². The van der Waals surface area contributed by atoms with Gasteiger partial charge in [-0.3, -0.25) is 15.0 Å². The Morgan fingerprint density at radius 3 is 2.70 bits per heavy atom. The summed E-state index contributed by atoms with van der Waals surface area (Å²) >= 11 is 0. The largest absolute Gasteiger partial charge is 0.387 e. The summed E-state index contributed by atoms with van der Waals surface area (Å²) in [6.45, 7) is 5.98. The SMILES string of the molecule is CC1CN(CC(O)c2cccc([N+](=O)[O-])c2)CC(C)O1. The lowest BCUT2D eigenvalue weighted by Gasteiger charge is -2.36. The molecule has 1 aromatic rings. The fourth-order valence-corrected chi connectivity index (χ4v) is 2.63. The van der Waals surface area contributed by atoms with Crippen molar-refractivity contribution < 1.29 is 14.8 Å². The van der Waals surface area contributed by atoms with Crippen molar-refractivity contribution in [1.82, 2.24) is 4.90 Å². The molecule has 6 heteroatoms. The second kappa shape index (κ2) is 6.30. The van der Waals surface area contributed by atoms with Gasteiger partial charge in [0.25, 0.3) is 5.69 Å². The Bertz CT molecular complexity index is 470. The number of nitro benzene ring substituents is 1. The highest BCUT2D eigenvalue weighted by Gasteiger charge is 2.24. The molecule has 0 aromatic heterocycles. The van der Waals surface area contributed by atoms with Crippen molar-refractivity contribution in [1.29, 1.82) is 0 Å². The third-order valence-electron chi connectivity index (χ3n) is 3.39. The molecule has 1 fully saturated rings. The number of aliphatic hydroxyl groups is 1. The van der Waals surface area contributed by atoms with Gasteiger partial charge in [0.05, 0.1) is 23.2 Å². The van der Waals surface area contributed by atoms with Gasteiger partial charge in [-0.05, 0) is 19.4 Å². The van der Waals surface area contributed by atoms with E-state index in [0.29, 0.717) is 12.1 Å². The van der Waals surface area contributed by atoms with Crippen LogP contribution in [0.2, 0.25) is 0 Å². The van der Waals surface area contributed by atoms with Crippen molar-refractivity contribution in [3.63, 3.8) is 0 Å². The Morgan fingerprint density at radius 1 is 1.45 bits per heavy atom. The molecule has 0 spiro atoms. The number of nitro groups is 1. The first-order valence-corrected chi connectivity index (χ1v) is 6.76. The van der Waals surface area contributed by atoms with Gasteiger partial charge in [0.2, 0.25) is 0 Å². The normalized spacial score (nSPS) is 25.4. The molecule has 110 valence electrons. The molecule has 6 nitrogen and oxygen atoms in total. The van der Waals surface area contributed by atoms with Crippen molar-refractivity contribution in [2.75, 3.05) is 19.6 Å². The minimum atomic E-state index is -0.729. The number of ether oxygens (including phenoxy) is 1. The van der Waals surface area contributed by atoms with E-state index in [2.05, 4.69) is 4.90 Å². The van der Waals surface area contributed by atoms with E-state index in [1.165, 1.54) is 12.1 Å². The Hall–Kier alpha value is -1.50. The molecule has 3 atom stereocenters. The fourth-order valence-electron chi connectivity index (χ4n) is 2.63. The molecule has 1 aliphatic rings. The zero-order chi connectivity index (χ0) is 14.7. The van der Waals surface area contributed by atoms with Crippen molar-refractivity contribution in [3.8, 4) is 0 Å². The first-order valence-electron chi connectivity index (χ1n) is 6.76. The summed E-state index contributed by atoms with van der Waals surface area (Å²) in [4.78, 5) is 12.4. The van der Waals surface area contributed by atoms with Crippen LogP contribution in [0.5, 0.6) is 0 Å². The molecule has 1 heterocycles. The van der Waals surface area contributed by atoms with Gasteiger partial charge in [0.1, 0.15) is 0 Å². The van der Waals surface area contributed by atoms with Gasteiger partial charge in [0.15, 0.2) is 0 Å². The second-order valence-electron chi connectivity index (χ2n) is 5.34. The number of nitrogens with zero attached hydrogens (tertiary/aromatic N) is 2. The van der Waals surface area contributed by atoms with Gasteiger partial charge in [-0.2, -0.15) is 0 Å². The standard InChI is InChI=1S/C14H20N2O4/c1-10-7-15(8-11(2)20-10)9-14(17)12-4-3-5-13(6-12)16(18)19/h3-6,10-11,14,17H,7-9H2,1-2H3. The van der Waals surface area contributed by atoms with E-state index in [0.717, 1.165) is 13.1 Å². The topological polar surface area (TPSA) is 75.8 Å². The lowest BCUT2D eigenvalue weighted by atomic mass is 10.1. The third-order valence-corrected chi connectivity index (χ3v) is 3.39. The summed E-state index contributed by atoms with van der Waals surface area (Å²) in [6, 6.07) is 6.17. The van der Waals surface area contributed by atoms with Crippen LogP contribution in [0.4, 0.5) is 5.69 Å². The summed E-state index contributed by atoms with van der Waals surface area (Å²) in [5, 5.41) is 21.0. The number of rotatable bonds is 4. The maximum absolute atomic E-state index is 10.7. The van der Waals surface area contributed by atoms with Gasteiger partial charge >= 0.3 is 0 Å². The van der Waals surface area contributed by atoms with Crippen molar-refractivity contribution in [2.24, 2.45) is 0 Å². The van der Waals surface area contributed by atoms with Crippen LogP contribution in [0.15, 0.2) is 24.3 Å². The minimum Gasteiger partial charge on any atom is -0.387 e. The van der Waals surface area contributed by atoms with Crippen LogP contribution in [0.3, 0.4) is 0 Å². The number of hydrogen-bond acceptors (Lipinski definition) is 5. The van der Waals surface area contributed by atoms with Crippen molar-refractivity contribution in [2.45, 2.75) is 32.2 Å². The Labute approximate surface area is 118 Å². The molecule has 1 aromatic carbocycles. The average molecular weight is 280 g/mol. The smallest absolute Gasteiger partial charge is 0.269 e. The highest BCUT2D eigenvalue weighted by molar-refractivity contribution is 5.35. The quantitative estimate of drug-likeness (QED) is 0.671. The molecule has 0 radical (unpaired) electrons.